The third kappa shape index (κ3) is 6.74. The van der Waals surface area contributed by atoms with Crippen LogP contribution in [0.2, 0.25) is 0 Å². The van der Waals surface area contributed by atoms with Crippen LogP contribution in [0.1, 0.15) is 62.4 Å². The number of piperazine rings is 2. The van der Waals surface area contributed by atoms with Crippen LogP contribution in [0, 0.1) is 11.7 Å². The number of phenolic OH excluding ortho intramolecular Hbond substituents is 1. The lowest BCUT2D eigenvalue weighted by Gasteiger charge is -2.54. The van der Waals surface area contributed by atoms with Gasteiger partial charge in [-0.3, -0.25) is 24.6 Å². The number of para-hydroxylation sites is 1. The van der Waals surface area contributed by atoms with Crippen LogP contribution in [0.15, 0.2) is 42.5 Å². The van der Waals surface area contributed by atoms with Gasteiger partial charge in [-0.15, -0.1) is 10.2 Å². The maximum atomic E-state index is 14.3. The number of nitrogens with one attached hydrogen (secondary N) is 2. The molecule has 4 fully saturated rings. The summed E-state index contributed by atoms with van der Waals surface area (Å²) in [4.78, 5) is 64.6. The minimum absolute atomic E-state index is 0.0489. The van der Waals surface area contributed by atoms with Gasteiger partial charge in [0.15, 0.2) is 17.4 Å². The number of phenols is 1. The first-order valence-corrected chi connectivity index (χ1v) is 20.6. The van der Waals surface area contributed by atoms with Crippen LogP contribution in [-0.4, -0.2) is 141 Å². The van der Waals surface area contributed by atoms with Gasteiger partial charge in [-0.05, 0) is 81.8 Å². The Morgan fingerprint density at radius 2 is 1.74 bits per heavy atom. The summed E-state index contributed by atoms with van der Waals surface area (Å²) in [5.74, 6) is -0.847. The molecule has 0 spiro atoms. The standard InChI is InChI=1S/C42H51FN10O5/c1-25-19-48(21-27-11-13-49(14-12-27)29-8-7-28-22-51(40(57)31(28)17-29)34-9-10-36(54)45-39(34)56)20-26(2)53(25)41(58)50-15-16-52-35-18-33(30-5-4-6-32(43)37(30)55)46-47-38(35)44-23-42(52,3)24-50/h4-8,17-18,25-27,34,55H,9-16,19-24H2,1-3H3,(H,44,47)(H,45,54,56)/t25-,26-,34+,42+/m1/s1. The quantitative estimate of drug-likeness (QED) is 0.325. The van der Waals surface area contributed by atoms with Crippen molar-refractivity contribution in [2.24, 2.45) is 5.92 Å². The topological polar surface area (TPSA) is 158 Å². The number of fused-ring (bicyclic) bond motifs is 4. The number of hydrogen-bond donors (Lipinski definition) is 3. The van der Waals surface area contributed by atoms with E-state index >= 15 is 0 Å². The fourth-order valence-corrected chi connectivity index (χ4v) is 10.2. The molecule has 1 aromatic heterocycles. The molecule has 5 amide bonds. The van der Waals surface area contributed by atoms with Crippen molar-refractivity contribution in [3.63, 3.8) is 0 Å². The van der Waals surface area contributed by atoms with E-state index in [1.807, 2.05) is 23.1 Å². The van der Waals surface area contributed by atoms with Gasteiger partial charge < -0.3 is 34.9 Å². The van der Waals surface area contributed by atoms with E-state index in [2.05, 4.69) is 67.3 Å². The van der Waals surface area contributed by atoms with E-state index in [0.29, 0.717) is 62.1 Å². The number of amides is 5. The largest absolute Gasteiger partial charge is 0.504 e. The molecule has 306 valence electrons. The summed E-state index contributed by atoms with van der Waals surface area (Å²) in [7, 11) is 0. The summed E-state index contributed by atoms with van der Waals surface area (Å²) < 4.78 is 14.2. The summed E-state index contributed by atoms with van der Waals surface area (Å²) in [5.41, 5.74) is 3.64. The van der Waals surface area contributed by atoms with E-state index in [-0.39, 0.29) is 41.9 Å². The lowest BCUT2D eigenvalue weighted by molar-refractivity contribution is -0.136. The van der Waals surface area contributed by atoms with Gasteiger partial charge in [-0.1, -0.05) is 12.1 Å². The molecule has 3 N–H and O–H groups in total. The summed E-state index contributed by atoms with van der Waals surface area (Å²) >= 11 is 0. The average molecular weight is 795 g/mol. The number of anilines is 3. The maximum absolute atomic E-state index is 14.3. The van der Waals surface area contributed by atoms with Gasteiger partial charge in [0.1, 0.15) is 6.04 Å². The number of halogens is 1. The third-order valence-electron chi connectivity index (χ3n) is 13.2. The maximum Gasteiger partial charge on any atom is 0.320 e. The molecule has 16 heteroatoms. The SMILES string of the molecule is C[C@@H]1CN(CC2CCN(c3ccc4c(c3)C(=O)N([C@H]3CCC(=O)NC3=O)C4)CC2)C[C@@H](C)N1C(=O)N1CCN2c3cc(-c4cccc(F)c4O)nnc3NC[C@@]2(C)C1. The number of carbonyl (C=O) groups excluding carboxylic acids is 4. The fraction of sp³-hybridized carbons (Fsp3) is 0.524. The number of imide groups is 1. The molecule has 2 aromatic carbocycles. The summed E-state index contributed by atoms with van der Waals surface area (Å²) in [6.45, 7) is 13.5. The predicted octanol–water partition coefficient (Wildman–Crippen LogP) is 3.49. The van der Waals surface area contributed by atoms with Crippen LogP contribution in [0.3, 0.4) is 0 Å². The molecule has 9 rings (SSSR count). The monoisotopic (exact) mass is 794 g/mol. The number of carbonyl (C=O) groups is 4. The van der Waals surface area contributed by atoms with Crippen LogP contribution in [-0.2, 0) is 16.1 Å². The normalized spacial score (nSPS) is 26.6. The van der Waals surface area contributed by atoms with E-state index < -0.39 is 29.1 Å². The molecule has 0 saturated carbocycles. The van der Waals surface area contributed by atoms with Crippen LogP contribution in [0.4, 0.5) is 26.4 Å². The second-order valence-electron chi connectivity index (χ2n) is 17.3. The summed E-state index contributed by atoms with van der Waals surface area (Å²) in [6, 6.07) is 11.8. The lowest BCUT2D eigenvalue weighted by Crippen LogP contribution is -2.69. The highest BCUT2D eigenvalue weighted by Crippen LogP contribution is 2.41. The van der Waals surface area contributed by atoms with E-state index in [1.165, 1.54) is 12.1 Å². The zero-order valence-electron chi connectivity index (χ0n) is 33.3. The highest BCUT2D eigenvalue weighted by molar-refractivity contribution is 6.05. The Bertz CT molecular complexity index is 2150. The highest BCUT2D eigenvalue weighted by atomic mass is 19.1. The minimum Gasteiger partial charge on any atom is -0.504 e. The minimum atomic E-state index is -0.714. The molecular formula is C42H51FN10O5. The van der Waals surface area contributed by atoms with Crippen molar-refractivity contribution in [2.75, 3.05) is 74.0 Å². The van der Waals surface area contributed by atoms with Crippen LogP contribution >= 0.6 is 0 Å². The Morgan fingerprint density at radius 3 is 2.50 bits per heavy atom. The van der Waals surface area contributed by atoms with Gasteiger partial charge in [0, 0.05) is 101 Å². The number of aromatic nitrogens is 2. The van der Waals surface area contributed by atoms with Crippen molar-refractivity contribution in [1.29, 1.82) is 0 Å². The van der Waals surface area contributed by atoms with Crippen molar-refractivity contribution in [2.45, 2.75) is 76.7 Å². The van der Waals surface area contributed by atoms with E-state index in [1.54, 1.807) is 11.0 Å². The fourth-order valence-electron chi connectivity index (χ4n) is 10.2. The number of piperidine rings is 2. The second-order valence-corrected chi connectivity index (χ2v) is 17.3. The first-order valence-electron chi connectivity index (χ1n) is 20.6. The molecular weight excluding hydrogens is 744 g/mol. The number of urea groups is 1. The first-order chi connectivity index (χ1) is 27.9. The number of aromatic hydroxyl groups is 1. The zero-order chi connectivity index (χ0) is 40.5. The zero-order valence-corrected chi connectivity index (χ0v) is 33.3. The number of nitrogens with zero attached hydrogens (tertiary/aromatic N) is 8. The average Bonchev–Trinajstić information content (AvgIpc) is 3.53. The van der Waals surface area contributed by atoms with E-state index in [9.17, 15) is 28.7 Å². The Labute approximate surface area is 337 Å². The van der Waals surface area contributed by atoms with Crippen molar-refractivity contribution < 1.29 is 28.7 Å². The third-order valence-corrected chi connectivity index (χ3v) is 13.2. The van der Waals surface area contributed by atoms with Crippen LogP contribution < -0.4 is 20.4 Å². The lowest BCUT2D eigenvalue weighted by atomic mass is 9.92. The smallest absolute Gasteiger partial charge is 0.320 e. The number of rotatable bonds is 5. The van der Waals surface area contributed by atoms with Crippen LogP contribution in [0.25, 0.3) is 11.3 Å². The Hall–Kier alpha value is -5.51. The summed E-state index contributed by atoms with van der Waals surface area (Å²) in [6.07, 6.45) is 2.66. The Kier molecular flexibility index (Phi) is 9.64. The van der Waals surface area contributed by atoms with Crippen molar-refractivity contribution in [1.82, 2.24) is 35.1 Å². The van der Waals surface area contributed by atoms with Gasteiger partial charge in [-0.2, -0.15) is 0 Å². The van der Waals surface area contributed by atoms with Gasteiger partial charge in [0.05, 0.1) is 16.9 Å². The first kappa shape index (κ1) is 38.0. The van der Waals surface area contributed by atoms with Gasteiger partial charge in [-0.25, -0.2) is 9.18 Å². The Morgan fingerprint density at radius 1 is 0.966 bits per heavy atom. The van der Waals surface area contributed by atoms with Crippen molar-refractivity contribution >= 4 is 40.9 Å². The molecule has 4 atom stereocenters. The molecule has 3 aromatic rings. The van der Waals surface area contributed by atoms with Crippen LogP contribution in [0.5, 0.6) is 5.75 Å². The second kappa shape index (κ2) is 14.7. The van der Waals surface area contributed by atoms with Crippen molar-refractivity contribution in [3.8, 4) is 17.0 Å². The van der Waals surface area contributed by atoms with E-state index in [4.69, 9.17) is 0 Å². The van der Waals surface area contributed by atoms with Gasteiger partial charge in [0.25, 0.3) is 5.91 Å². The summed E-state index contributed by atoms with van der Waals surface area (Å²) in [5, 5.41) is 24.8. The molecule has 6 aliphatic heterocycles. The van der Waals surface area contributed by atoms with Gasteiger partial charge in [0.2, 0.25) is 11.8 Å². The van der Waals surface area contributed by atoms with E-state index in [0.717, 1.165) is 62.5 Å². The van der Waals surface area contributed by atoms with Gasteiger partial charge >= 0.3 is 6.03 Å². The number of benzene rings is 2. The molecule has 15 nitrogen and oxygen atoms in total. The van der Waals surface area contributed by atoms with Crippen molar-refractivity contribution in [3.05, 3.63) is 59.4 Å². The highest BCUT2D eigenvalue weighted by Gasteiger charge is 2.46. The molecule has 0 unspecified atom stereocenters. The predicted molar refractivity (Wildman–Crippen MR) is 215 cm³/mol. The molecule has 0 aliphatic carbocycles. The molecule has 6 aliphatic rings. The molecule has 58 heavy (non-hydrogen) atoms. The molecule has 0 radical (unpaired) electrons. The molecule has 4 saturated heterocycles. The molecule has 0 bridgehead atoms. The molecule has 7 heterocycles. The number of hydrogen-bond acceptors (Lipinski definition) is 11. The Balaban J connectivity index is 0.783.